The number of ether oxygens (including phenoxy) is 3. The predicted octanol–water partition coefficient (Wildman–Crippen LogP) is 7.31. The number of allylic oxidation sites excluding steroid dienone is 4. The molecule has 1 fully saturated rings. The summed E-state index contributed by atoms with van der Waals surface area (Å²) in [5.74, 6) is -0.659. The first kappa shape index (κ1) is 57.0. The van der Waals surface area contributed by atoms with Crippen LogP contribution in [0.2, 0.25) is 0 Å². The minimum Gasteiger partial charge on any atom is -0.462 e. The summed E-state index contributed by atoms with van der Waals surface area (Å²) in [4.78, 5) is 73.7. The Balaban J connectivity index is 1.85. The average molecular weight is 950 g/mol. The van der Waals surface area contributed by atoms with Crippen LogP contribution in [0.3, 0.4) is 0 Å². The molecule has 0 aromatic carbocycles. The van der Waals surface area contributed by atoms with E-state index in [1.165, 1.54) is 25.3 Å². The van der Waals surface area contributed by atoms with Crippen molar-refractivity contribution in [3.05, 3.63) is 47.1 Å². The molecule has 0 amide bonds. The van der Waals surface area contributed by atoms with Crippen molar-refractivity contribution in [1.82, 2.24) is 9.55 Å². The Morgan fingerprint density at radius 3 is 2.08 bits per heavy atom. The molecule has 0 bridgehead atoms. The summed E-state index contributed by atoms with van der Waals surface area (Å²) >= 11 is 0. The van der Waals surface area contributed by atoms with Gasteiger partial charge in [0.05, 0.1) is 13.2 Å². The molecular formula is C43H73N3O16P2. The Kier molecular flexibility index (Phi) is 28.3. The maximum atomic E-state index is 12.8. The van der Waals surface area contributed by atoms with Crippen LogP contribution in [0, 0.1) is 5.92 Å². The molecule has 0 radical (unpaired) electrons. The van der Waals surface area contributed by atoms with E-state index in [-0.39, 0.29) is 24.4 Å². The van der Waals surface area contributed by atoms with Crippen LogP contribution in [-0.4, -0.2) is 91.5 Å². The van der Waals surface area contributed by atoms with E-state index in [2.05, 4.69) is 36.1 Å². The number of nitrogens with two attached hydrogens (primary N) is 1. The fourth-order valence-electron chi connectivity index (χ4n) is 6.60. The van der Waals surface area contributed by atoms with Gasteiger partial charge in [0.25, 0.3) is 0 Å². The topological polar surface area (TPSA) is 283 Å². The van der Waals surface area contributed by atoms with Gasteiger partial charge in [-0.2, -0.15) is 9.29 Å². The minimum atomic E-state index is -5.44. The second-order valence-corrected chi connectivity index (χ2v) is 19.5. The normalized spacial score (nSPS) is 20.1. The van der Waals surface area contributed by atoms with Crippen LogP contribution in [0.15, 0.2) is 41.4 Å². The second kappa shape index (κ2) is 31.8. The number of aromatic nitrogens is 2. The first-order chi connectivity index (χ1) is 30.4. The van der Waals surface area contributed by atoms with Gasteiger partial charge in [-0.3, -0.25) is 28.0 Å². The molecule has 0 spiro atoms. The molecule has 0 aliphatic carbocycles. The van der Waals surface area contributed by atoms with Crippen molar-refractivity contribution in [1.29, 1.82) is 0 Å². The van der Waals surface area contributed by atoms with E-state index in [1.54, 1.807) is 12.2 Å². The highest BCUT2D eigenvalue weighted by Crippen LogP contribution is 2.60. The molecule has 7 atom stereocenters. The second-order valence-electron chi connectivity index (χ2n) is 16.4. The Morgan fingerprint density at radius 2 is 1.44 bits per heavy atom. The number of anilines is 1. The van der Waals surface area contributed by atoms with Crippen LogP contribution in [0.4, 0.5) is 5.82 Å². The average Bonchev–Trinajstić information content (AvgIpc) is 3.50. The summed E-state index contributed by atoms with van der Waals surface area (Å²) in [5.41, 5.74) is 4.56. The van der Waals surface area contributed by atoms with Gasteiger partial charge in [-0.15, -0.1) is 0 Å². The van der Waals surface area contributed by atoms with E-state index in [0.29, 0.717) is 31.6 Å². The van der Waals surface area contributed by atoms with E-state index >= 15 is 0 Å². The molecule has 1 aromatic rings. The number of nitrogen functional groups attached to an aromatic ring is 1. The number of aliphatic hydroxyl groups is 2. The van der Waals surface area contributed by atoms with Gasteiger partial charge in [-0.1, -0.05) is 116 Å². The van der Waals surface area contributed by atoms with Crippen LogP contribution in [-0.2, 0) is 51.1 Å². The lowest BCUT2D eigenvalue weighted by Gasteiger charge is -2.21. The Labute approximate surface area is 377 Å². The number of unbranched alkanes of at least 4 members (excludes halogenated alkanes) is 13. The van der Waals surface area contributed by atoms with Crippen LogP contribution in [0.1, 0.15) is 155 Å². The smallest absolute Gasteiger partial charge is 0.462 e. The maximum absolute atomic E-state index is 12.8. The van der Waals surface area contributed by atoms with E-state index in [1.807, 2.05) is 6.08 Å². The van der Waals surface area contributed by atoms with E-state index in [9.17, 15) is 48.3 Å². The van der Waals surface area contributed by atoms with Gasteiger partial charge in [-0.25, -0.2) is 13.9 Å². The number of rotatable bonds is 36. The van der Waals surface area contributed by atoms with Crippen LogP contribution in [0.25, 0.3) is 0 Å². The molecule has 6 N–H and O–H groups in total. The summed E-state index contributed by atoms with van der Waals surface area (Å²) in [5, 5.41) is 20.8. The summed E-state index contributed by atoms with van der Waals surface area (Å²) in [6.07, 6.45) is 17.1. The maximum Gasteiger partial charge on any atom is 0.481 e. The van der Waals surface area contributed by atoms with Gasteiger partial charge in [0.15, 0.2) is 18.1 Å². The Bertz CT molecular complexity index is 1740. The van der Waals surface area contributed by atoms with Crippen molar-refractivity contribution in [2.24, 2.45) is 5.92 Å². The fourth-order valence-corrected chi connectivity index (χ4v) is 8.71. The highest BCUT2D eigenvalue weighted by molar-refractivity contribution is 7.61. The SMILES string of the molecule is CCCCC/C=C\C=C\C(=O)CCCCCCCC(=O)OC[C@H](COP(=O)(O)OP(=O)(O)OC[C@H]1O[C@@H](n2ccc(N)nc2=O)[C@H](O)[C@@H]1O)OC(=O)CCCCCCCCCC(C)C. The Morgan fingerprint density at radius 1 is 0.828 bits per heavy atom. The molecule has 2 rings (SSSR count). The molecule has 21 heteroatoms. The zero-order valence-corrected chi connectivity index (χ0v) is 39.5. The molecule has 1 aromatic heterocycles. The molecular weight excluding hydrogens is 876 g/mol. The first-order valence-electron chi connectivity index (χ1n) is 22.7. The first-order valence-corrected chi connectivity index (χ1v) is 25.7. The third-order valence-corrected chi connectivity index (χ3v) is 12.8. The zero-order valence-electron chi connectivity index (χ0n) is 37.7. The van der Waals surface area contributed by atoms with Crippen molar-refractivity contribution in [3.8, 4) is 0 Å². The number of aliphatic hydroxyl groups excluding tert-OH is 2. The number of nitrogens with zero attached hydrogens (tertiary/aromatic N) is 2. The van der Waals surface area contributed by atoms with E-state index < -0.39 is 83.7 Å². The quantitative estimate of drug-likeness (QED) is 0.0145. The highest BCUT2D eigenvalue weighted by atomic mass is 31.3. The predicted molar refractivity (Wildman–Crippen MR) is 238 cm³/mol. The fraction of sp³-hybridized carbons (Fsp3) is 0.744. The van der Waals surface area contributed by atoms with E-state index in [4.69, 9.17) is 29.0 Å². The molecule has 2 unspecified atom stereocenters. The van der Waals surface area contributed by atoms with Gasteiger partial charge in [0.2, 0.25) is 0 Å². The molecule has 19 nitrogen and oxygen atoms in total. The number of hydrogen-bond donors (Lipinski definition) is 5. The molecule has 64 heavy (non-hydrogen) atoms. The van der Waals surface area contributed by atoms with Crippen molar-refractivity contribution >= 4 is 39.2 Å². The number of esters is 2. The third-order valence-electron chi connectivity index (χ3n) is 10.2. The molecule has 0 saturated carbocycles. The summed E-state index contributed by atoms with van der Waals surface area (Å²) < 4.78 is 56.4. The standard InChI is InChI=1S/C43H73N3O16P2/c1-4-5-6-7-9-14-19-24-34(47)25-20-15-12-17-21-26-38(48)57-30-35(60-39(49)27-22-16-11-8-10-13-18-23-33(2)3)31-58-63(53,54)62-64(55,56)59-32-36-40(50)41(51)42(61-36)46-29-28-37(44)45-43(46)52/h9,14,19,24,28-29,33,35-36,40-42,50-51H,4-8,10-13,15-18,20-23,25-27,30-32H2,1-3H3,(H,53,54)(H,55,56)(H2,44,45,52)/b14-9-,24-19+/t35-,36-,40-,41-,42-/m1/s1. The van der Waals surface area contributed by atoms with Crippen molar-refractivity contribution < 1.29 is 71.1 Å². The van der Waals surface area contributed by atoms with Crippen LogP contribution in [0.5, 0.6) is 0 Å². The summed E-state index contributed by atoms with van der Waals surface area (Å²) in [6.45, 7) is 4.16. The molecule has 1 aliphatic rings. The van der Waals surface area contributed by atoms with Gasteiger partial charge in [0, 0.05) is 25.5 Å². The lowest BCUT2D eigenvalue weighted by Crippen LogP contribution is -2.36. The van der Waals surface area contributed by atoms with E-state index in [0.717, 1.165) is 81.4 Å². The third kappa shape index (κ3) is 25.6. The van der Waals surface area contributed by atoms with Crippen molar-refractivity contribution in [3.63, 3.8) is 0 Å². The van der Waals surface area contributed by atoms with Gasteiger partial charge in [-0.05, 0) is 50.2 Å². The van der Waals surface area contributed by atoms with Gasteiger partial charge < -0.3 is 39.9 Å². The highest BCUT2D eigenvalue weighted by Gasteiger charge is 2.46. The number of phosphoric ester groups is 2. The van der Waals surface area contributed by atoms with Crippen molar-refractivity contribution in [2.75, 3.05) is 25.6 Å². The van der Waals surface area contributed by atoms with Crippen molar-refractivity contribution in [2.45, 2.75) is 180 Å². The lowest BCUT2D eigenvalue weighted by molar-refractivity contribution is -0.161. The lowest BCUT2D eigenvalue weighted by atomic mass is 10.0. The zero-order chi connectivity index (χ0) is 47.4. The van der Waals surface area contributed by atoms with Gasteiger partial charge in [0.1, 0.15) is 30.7 Å². The molecule has 2 heterocycles. The van der Waals surface area contributed by atoms with Crippen LogP contribution >= 0.6 is 15.6 Å². The monoisotopic (exact) mass is 949 g/mol. The Hall–Kier alpha value is -3.09. The number of phosphoric acid groups is 2. The number of ketones is 1. The number of hydrogen-bond acceptors (Lipinski definition) is 16. The van der Waals surface area contributed by atoms with Crippen LogP contribution < -0.4 is 11.4 Å². The largest absolute Gasteiger partial charge is 0.481 e. The molecule has 366 valence electrons. The summed E-state index contributed by atoms with van der Waals surface area (Å²) in [6, 6.07) is 1.24. The number of carbonyl (C=O) groups is 3. The summed E-state index contributed by atoms with van der Waals surface area (Å²) in [7, 11) is -10.9. The minimum absolute atomic E-state index is 0.0247. The molecule has 1 aliphatic heterocycles. The number of carbonyl (C=O) groups excluding carboxylic acids is 3. The van der Waals surface area contributed by atoms with Gasteiger partial charge >= 0.3 is 33.3 Å². The molecule has 1 saturated heterocycles.